The molecule has 0 unspecified atom stereocenters. The van der Waals surface area contributed by atoms with Crippen molar-refractivity contribution in [2.45, 2.75) is 13.5 Å². The molecule has 0 aliphatic heterocycles. The Morgan fingerprint density at radius 3 is 2.79 bits per heavy atom. The number of aryl methyl sites for hydroxylation is 1. The van der Waals surface area contributed by atoms with Crippen LogP contribution in [0.3, 0.4) is 0 Å². The van der Waals surface area contributed by atoms with E-state index in [1.807, 2.05) is 25.1 Å². The lowest BCUT2D eigenvalue weighted by Crippen LogP contribution is -1.97. The van der Waals surface area contributed by atoms with Crippen LogP contribution in [0.5, 0.6) is 5.75 Å². The molecule has 0 radical (unpaired) electrons. The molecule has 2 aromatic carbocycles. The van der Waals surface area contributed by atoms with Crippen molar-refractivity contribution in [2.75, 3.05) is 0 Å². The Bertz CT molecular complexity index is 718. The summed E-state index contributed by atoms with van der Waals surface area (Å²) in [6, 6.07) is 14.6. The smallest absolute Gasteiger partial charge is 0.129 e. The van der Waals surface area contributed by atoms with Gasteiger partial charge in [0.05, 0.1) is 0 Å². The highest BCUT2D eigenvalue weighted by molar-refractivity contribution is 5.81. The molecule has 3 heteroatoms. The molecule has 2 nitrogen and oxygen atoms in total. The molecule has 1 aromatic heterocycles. The first kappa shape index (κ1) is 11.8. The second kappa shape index (κ2) is 4.76. The van der Waals surface area contributed by atoms with E-state index in [4.69, 9.17) is 4.74 Å². The highest BCUT2D eigenvalue weighted by Gasteiger charge is 2.03. The fourth-order valence-corrected chi connectivity index (χ4v) is 2.12. The molecule has 0 bridgehead atoms. The number of rotatable bonds is 3. The highest BCUT2D eigenvalue weighted by Crippen LogP contribution is 2.22. The largest absolute Gasteiger partial charge is 0.489 e. The van der Waals surface area contributed by atoms with E-state index in [0.717, 1.165) is 22.3 Å². The van der Waals surface area contributed by atoms with Crippen molar-refractivity contribution in [1.82, 2.24) is 4.98 Å². The van der Waals surface area contributed by atoms with Gasteiger partial charge in [0, 0.05) is 22.8 Å². The van der Waals surface area contributed by atoms with Crippen LogP contribution < -0.4 is 4.74 Å². The number of nitrogens with one attached hydrogen (secondary N) is 1. The van der Waals surface area contributed by atoms with Crippen molar-refractivity contribution in [2.24, 2.45) is 0 Å². The summed E-state index contributed by atoms with van der Waals surface area (Å²) in [5.74, 6) is 0.497. The fraction of sp³-hybridized carbons (Fsp3) is 0.125. The Labute approximate surface area is 110 Å². The van der Waals surface area contributed by atoms with Crippen molar-refractivity contribution < 1.29 is 9.13 Å². The molecule has 3 rings (SSSR count). The van der Waals surface area contributed by atoms with E-state index in [0.29, 0.717) is 5.56 Å². The van der Waals surface area contributed by atoms with Gasteiger partial charge in [0.2, 0.25) is 0 Å². The minimum Gasteiger partial charge on any atom is -0.489 e. The summed E-state index contributed by atoms with van der Waals surface area (Å²) in [5, 5.41) is 1.15. The van der Waals surface area contributed by atoms with E-state index in [-0.39, 0.29) is 12.4 Å². The van der Waals surface area contributed by atoms with E-state index >= 15 is 0 Å². The predicted molar refractivity (Wildman–Crippen MR) is 73.8 cm³/mol. The van der Waals surface area contributed by atoms with Gasteiger partial charge in [-0.3, -0.25) is 0 Å². The normalized spacial score (nSPS) is 10.8. The average molecular weight is 255 g/mol. The Morgan fingerprint density at radius 2 is 1.95 bits per heavy atom. The quantitative estimate of drug-likeness (QED) is 0.745. The Morgan fingerprint density at radius 1 is 1.11 bits per heavy atom. The van der Waals surface area contributed by atoms with Gasteiger partial charge in [-0.1, -0.05) is 18.2 Å². The number of benzene rings is 2. The minimum absolute atomic E-state index is 0.234. The molecule has 0 saturated carbocycles. The Kier molecular flexibility index (Phi) is 2.95. The minimum atomic E-state index is -0.237. The zero-order chi connectivity index (χ0) is 13.2. The SMILES string of the molecule is Cc1cc2ccc(OCc3ccccc3F)cc2[nH]1. The van der Waals surface area contributed by atoms with Crippen LogP contribution in [0.25, 0.3) is 10.9 Å². The molecule has 0 saturated heterocycles. The van der Waals surface area contributed by atoms with Crippen LogP contribution in [0.15, 0.2) is 48.5 Å². The number of aromatic amines is 1. The molecular weight excluding hydrogens is 241 g/mol. The molecule has 1 heterocycles. The summed E-state index contributed by atoms with van der Waals surface area (Å²) in [5.41, 5.74) is 2.70. The maximum Gasteiger partial charge on any atom is 0.129 e. The summed E-state index contributed by atoms with van der Waals surface area (Å²) in [6.07, 6.45) is 0. The monoisotopic (exact) mass is 255 g/mol. The lowest BCUT2D eigenvalue weighted by atomic mass is 10.2. The van der Waals surface area contributed by atoms with Gasteiger partial charge in [-0.15, -0.1) is 0 Å². The summed E-state index contributed by atoms with van der Waals surface area (Å²) in [6.45, 7) is 2.25. The molecule has 96 valence electrons. The lowest BCUT2D eigenvalue weighted by Gasteiger charge is -2.07. The molecule has 0 aliphatic carbocycles. The standard InChI is InChI=1S/C16H14FNO/c1-11-8-12-6-7-14(9-16(12)18-11)19-10-13-4-2-3-5-15(13)17/h2-9,18H,10H2,1H3. The van der Waals surface area contributed by atoms with Gasteiger partial charge < -0.3 is 9.72 Å². The van der Waals surface area contributed by atoms with Crippen LogP contribution in [0.1, 0.15) is 11.3 Å². The van der Waals surface area contributed by atoms with Crippen molar-refractivity contribution in [3.8, 4) is 5.75 Å². The van der Waals surface area contributed by atoms with E-state index in [9.17, 15) is 4.39 Å². The third-order valence-electron chi connectivity index (χ3n) is 3.08. The van der Waals surface area contributed by atoms with Crippen LogP contribution in [0, 0.1) is 12.7 Å². The van der Waals surface area contributed by atoms with Gasteiger partial charge in [-0.05, 0) is 36.6 Å². The van der Waals surface area contributed by atoms with Gasteiger partial charge in [0.1, 0.15) is 18.2 Å². The topological polar surface area (TPSA) is 25.0 Å². The highest BCUT2D eigenvalue weighted by atomic mass is 19.1. The zero-order valence-corrected chi connectivity index (χ0v) is 10.6. The Hall–Kier alpha value is -2.29. The first-order valence-corrected chi connectivity index (χ1v) is 6.18. The second-order valence-corrected chi connectivity index (χ2v) is 4.58. The number of halogens is 1. The number of aromatic nitrogens is 1. The molecule has 3 aromatic rings. The molecule has 0 fully saturated rings. The van der Waals surface area contributed by atoms with Crippen LogP contribution in [-0.4, -0.2) is 4.98 Å². The number of H-pyrrole nitrogens is 1. The van der Waals surface area contributed by atoms with Crippen molar-refractivity contribution >= 4 is 10.9 Å². The van der Waals surface area contributed by atoms with Crippen LogP contribution >= 0.6 is 0 Å². The summed E-state index contributed by atoms with van der Waals surface area (Å²) in [4.78, 5) is 3.25. The second-order valence-electron chi connectivity index (χ2n) is 4.58. The number of hydrogen-bond donors (Lipinski definition) is 1. The first-order chi connectivity index (χ1) is 9.22. The lowest BCUT2D eigenvalue weighted by molar-refractivity contribution is 0.300. The van der Waals surface area contributed by atoms with Gasteiger partial charge in [0.25, 0.3) is 0 Å². The van der Waals surface area contributed by atoms with Gasteiger partial charge in [0.15, 0.2) is 0 Å². The predicted octanol–water partition coefficient (Wildman–Crippen LogP) is 4.19. The summed E-state index contributed by atoms with van der Waals surface area (Å²) >= 11 is 0. The van der Waals surface area contributed by atoms with Gasteiger partial charge in [-0.2, -0.15) is 0 Å². The van der Waals surface area contributed by atoms with E-state index < -0.39 is 0 Å². The van der Waals surface area contributed by atoms with E-state index in [1.54, 1.807) is 18.2 Å². The molecule has 0 atom stereocenters. The molecular formula is C16H14FNO. The number of ether oxygens (including phenoxy) is 1. The number of fused-ring (bicyclic) bond motifs is 1. The maximum absolute atomic E-state index is 13.5. The van der Waals surface area contributed by atoms with Crippen LogP contribution in [0.4, 0.5) is 4.39 Å². The van der Waals surface area contributed by atoms with E-state index in [1.165, 1.54) is 6.07 Å². The third-order valence-corrected chi connectivity index (χ3v) is 3.08. The Balaban J connectivity index is 1.80. The molecule has 1 N–H and O–H groups in total. The van der Waals surface area contributed by atoms with E-state index in [2.05, 4.69) is 11.1 Å². The zero-order valence-electron chi connectivity index (χ0n) is 10.6. The first-order valence-electron chi connectivity index (χ1n) is 6.18. The van der Waals surface area contributed by atoms with Gasteiger partial charge >= 0.3 is 0 Å². The van der Waals surface area contributed by atoms with Crippen LogP contribution in [-0.2, 0) is 6.61 Å². The molecule has 0 amide bonds. The summed E-state index contributed by atoms with van der Waals surface area (Å²) in [7, 11) is 0. The summed E-state index contributed by atoms with van der Waals surface area (Å²) < 4.78 is 19.1. The van der Waals surface area contributed by atoms with Crippen LogP contribution in [0.2, 0.25) is 0 Å². The average Bonchev–Trinajstić information content (AvgIpc) is 2.77. The molecule has 19 heavy (non-hydrogen) atoms. The molecule has 0 spiro atoms. The number of hydrogen-bond acceptors (Lipinski definition) is 1. The molecule has 0 aliphatic rings. The van der Waals surface area contributed by atoms with Crippen molar-refractivity contribution in [1.29, 1.82) is 0 Å². The van der Waals surface area contributed by atoms with Gasteiger partial charge in [-0.25, -0.2) is 4.39 Å². The third kappa shape index (κ3) is 2.45. The fourth-order valence-electron chi connectivity index (χ4n) is 2.12. The van der Waals surface area contributed by atoms with Crippen molar-refractivity contribution in [3.63, 3.8) is 0 Å². The maximum atomic E-state index is 13.5. The van der Waals surface area contributed by atoms with Crippen molar-refractivity contribution in [3.05, 3.63) is 65.6 Å².